The van der Waals surface area contributed by atoms with Crippen molar-refractivity contribution in [2.24, 2.45) is 0 Å². The fraction of sp³-hybridized carbons (Fsp3) is 0.211. The van der Waals surface area contributed by atoms with E-state index in [0.717, 1.165) is 5.56 Å². The maximum Gasteiger partial charge on any atom is 0.265 e. The number of hydrogen-bond acceptors (Lipinski definition) is 5. The van der Waals surface area contributed by atoms with E-state index in [2.05, 4.69) is 15.4 Å². The Labute approximate surface area is 150 Å². The zero-order valence-corrected chi connectivity index (χ0v) is 14.2. The van der Waals surface area contributed by atoms with Crippen LogP contribution < -0.4 is 14.8 Å². The van der Waals surface area contributed by atoms with Crippen LogP contribution in [0.5, 0.6) is 11.5 Å². The highest BCUT2D eigenvalue weighted by molar-refractivity contribution is 5.82. The van der Waals surface area contributed by atoms with Crippen LogP contribution >= 0.6 is 0 Å². The highest BCUT2D eigenvalue weighted by Crippen LogP contribution is 2.33. The Morgan fingerprint density at radius 3 is 2.73 bits per heavy atom. The Bertz CT molecular complexity index is 911. The van der Waals surface area contributed by atoms with E-state index >= 15 is 0 Å². The van der Waals surface area contributed by atoms with Crippen molar-refractivity contribution < 1.29 is 14.3 Å². The van der Waals surface area contributed by atoms with Crippen LogP contribution in [0.15, 0.2) is 61.1 Å². The monoisotopic (exact) mass is 350 g/mol. The van der Waals surface area contributed by atoms with Gasteiger partial charge in [0.15, 0.2) is 17.3 Å². The highest BCUT2D eigenvalue weighted by Gasteiger charge is 2.33. The summed E-state index contributed by atoms with van der Waals surface area (Å²) in [6.07, 6.45) is 4.13. The number of benzene rings is 1. The largest absolute Gasteiger partial charge is 0.482 e. The smallest absolute Gasteiger partial charge is 0.265 e. The number of carbonyl (C=O) groups is 1. The van der Waals surface area contributed by atoms with E-state index in [1.807, 2.05) is 49.5 Å². The van der Waals surface area contributed by atoms with E-state index in [1.54, 1.807) is 23.1 Å². The highest BCUT2D eigenvalue weighted by atomic mass is 16.6. The lowest BCUT2D eigenvalue weighted by Gasteiger charge is -2.31. The van der Waals surface area contributed by atoms with Crippen molar-refractivity contribution in [2.45, 2.75) is 25.7 Å². The Kier molecular flexibility index (Phi) is 4.27. The van der Waals surface area contributed by atoms with E-state index in [4.69, 9.17) is 9.47 Å². The molecule has 2 atom stereocenters. The van der Waals surface area contributed by atoms with Gasteiger partial charge >= 0.3 is 0 Å². The van der Waals surface area contributed by atoms with Crippen molar-refractivity contribution in [1.82, 2.24) is 20.1 Å². The summed E-state index contributed by atoms with van der Waals surface area (Å²) < 4.78 is 13.3. The van der Waals surface area contributed by atoms with E-state index in [1.165, 1.54) is 0 Å². The van der Waals surface area contributed by atoms with Crippen LogP contribution in [-0.4, -0.2) is 32.9 Å². The predicted molar refractivity (Wildman–Crippen MR) is 94.2 cm³/mol. The lowest BCUT2D eigenvalue weighted by atomic mass is 10.1. The fourth-order valence-electron chi connectivity index (χ4n) is 2.80. The molecular weight excluding hydrogens is 332 g/mol. The van der Waals surface area contributed by atoms with Crippen molar-refractivity contribution in [2.75, 3.05) is 0 Å². The Morgan fingerprint density at radius 1 is 1.15 bits per heavy atom. The van der Waals surface area contributed by atoms with Gasteiger partial charge in [0.25, 0.3) is 5.91 Å². The molecule has 1 aliphatic heterocycles. The van der Waals surface area contributed by atoms with E-state index in [-0.39, 0.29) is 12.0 Å². The minimum Gasteiger partial charge on any atom is -0.482 e. The topological polar surface area (TPSA) is 78.3 Å². The molecule has 0 saturated carbocycles. The number of nitrogens with zero attached hydrogens (tertiary/aromatic N) is 3. The predicted octanol–water partition coefficient (Wildman–Crippen LogP) is 2.11. The van der Waals surface area contributed by atoms with Gasteiger partial charge in [0.1, 0.15) is 6.10 Å². The average molecular weight is 350 g/mol. The summed E-state index contributed by atoms with van der Waals surface area (Å²) in [5, 5.41) is 7.06. The zero-order valence-electron chi connectivity index (χ0n) is 14.2. The summed E-state index contributed by atoms with van der Waals surface area (Å²) in [6.45, 7) is 2.19. The van der Waals surface area contributed by atoms with Gasteiger partial charge in [0.05, 0.1) is 0 Å². The molecule has 7 nitrogen and oxygen atoms in total. The lowest BCUT2D eigenvalue weighted by Crippen LogP contribution is -2.48. The first-order valence-corrected chi connectivity index (χ1v) is 8.36. The molecule has 2 unspecified atom stereocenters. The quantitative estimate of drug-likeness (QED) is 0.780. The zero-order chi connectivity index (χ0) is 17.9. The van der Waals surface area contributed by atoms with Gasteiger partial charge in [-0.05, 0) is 42.8 Å². The molecule has 26 heavy (non-hydrogen) atoms. The van der Waals surface area contributed by atoms with Gasteiger partial charge in [-0.15, -0.1) is 0 Å². The van der Waals surface area contributed by atoms with Gasteiger partial charge in [-0.25, -0.2) is 9.67 Å². The minimum atomic E-state index is -0.697. The summed E-state index contributed by atoms with van der Waals surface area (Å²) in [7, 11) is 0. The molecule has 1 amide bonds. The molecule has 132 valence electrons. The molecule has 0 aliphatic carbocycles. The van der Waals surface area contributed by atoms with Crippen LogP contribution in [0.4, 0.5) is 0 Å². The third kappa shape index (κ3) is 3.23. The van der Waals surface area contributed by atoms with Crippen LogP contribution in [0.1, 0.15) is 12.5 Å². The Morgan fingerprint density at radius 2 is 1.96 bits per heavy atom. The number of nitrogens with one attached hydrogen (secondary N) is 1. The van der Waals surface area contributed by atoms with Gasteiger partial charge in [-0.3, -0.25) is 4.79 Å². The summed E-state index contributed by atoms with van der Waals surface area (Å²) in [4.78, 5) is 16.8. The molecule has 1 aliphatic rings. The van der Waals surface area contributed by atoms with Crippen molar-refractivity contribution in [3.8, 4) is 17.3 Å². The second-order valence-corrected chi connectivity index (χ2v) is 6.00. The molecule has 0 saturated heterocycles. The number of ether oxygens (including phenoxy) is 2. The number of amides is 1. The number of carbonyl (C=O) groups excluding carboxylic acids is 1. The molecule has 0 fully saturated rings. The van der Waals surface area contributed by atoms with Crippen LogP contribution in [0.2, 0.25) is 0 Å². The maximum absolute atomic E-state index is 12.6. The Hall–Kier alpha value is -3.35. The molecule has 0 spiro atoms. The summed E-state index contributed by atoms with van der Waals surface area (Å²) >= 11 is 0. The number of aromatic nitrogens is 3. The third-order valence-electron chi connectivity index (χ3n) is 4.12. The maximum atomic E-state index is 12.6. The van der Waals surface area contributed by atoms with E-state index in [9.17, 15) is 4.79 Å². The summed E-state index contributed by atoms with van der Waals surface area (Å²) in [5.74, 6) is 1.71. The molecule has 0 bridgehead atoms. The molecular formula is C19H18N4O3. The van der Waals surface area contributed by atoms with Crippen LogP contribution in [0.3, 0.4) is 0 Å². The van der Waals surface area contributed by atoms with Gasteiger partial charge < -0.3 is 14.8 Å². The molecule has 0 radical (unpaired) electrons. The molecule has 3 aromatic rings. The summed E-state index contributed by atoms with van der Waals surface area (Å²) in [5.41, 5.74) is 0.920. The minimum absolute atomic E-state index is 0.218. The summed E-state index contributed by atoms with van der Waals surface area (Å²) in [6, 6.07) is 12.9. The molecule has 1 N–H and O–H groups in total. The first-order valence-electron chi connectivity index (χ1n) is 8.36. The lowest BCUT2D eigenvalue weighted by molar-refractivity contribution is -0.133. The molecule has 7 heteroatoms. The Balaban J connectivity index is 1.42. The second kappa shape index (κ2) is 6.87. The van der Waals surface area contributed by atoms with Gasteiger partial charge in [-0.2, -0.15) is 5.10 Å². The number of pyridine rings is 1. The molecule has 1 aromatic carbocycles. The number of para-hydroxylation sites is 2. The van der Waals surface area contributed by atoms with E-state index < -0.39 is 6.10 Å². The number of fused-ring (bicyclic) bond motifs is 1. The SMILES string of the molecule is CC1Oc2ccccc2OC1C(=O)NCc1ccnc(-n2cccn2)c1. The molecule has 4 rings (SSSR count). The second-order valence-electron chi connectivity index (χ2n) is 6.00. The van der Waals surface area contributed by atoms with E-state index in [0.29, 0.717) is 23.9 Å². The average Bonchev–Trinajstić information content (AvgIpc) is 3.20. The number of rotatable bonds is 4. The van der Waals surface area contributed by atoms with Crippen LogP contribution in [0, 0.1) is 0 Å². The fourth-order valence-corrected chi connectivity index (χ4v) is 2.80. The van der Waals surface area contributed by atoms with Crippen LogP contribution in [0.25, 0.3) is 5.82 Å². The van der Waals surface area contributed by atoms with Crippen molar-refractivity contribution >= 4 is 5.91 Å². The first-order chi connectivity index (χ1) is 12.7. The standard InChI is InChI=1S/C19H18N4O3/c1-13-18(26-16-6-3-2-5-15(16)25-13)19(24)21-12-14-7-9-20-17(11-14)23-10-4-8-22-23/h2-11,13,18H,12H2,1H3,(H,21,24). The van der Waals surface area contributed by atoms with Crippen molar-refractivity contribution in [3.05, 3.63) is 66.6 Å². The molecule has 2 aromatic heterocycles. The normalized spacial score (nSPS) is 18.3. The van der Waals surface area contributed by atoms with Crippen molar-refractivity contribution in [3.63, 3.8) is 0 Å². The van der Waals surface area contributed by atoms with Gasteiger partial charge in [0.2, 0.25) is 6.10 Å². The third-order valence-corrected chi connectivity index (χ3v) is 4.12. The first kappa shape index (κ1) is 16.1. The number of hydrogen-bond donors (Lipinski definition) is 1. The van der Waals surface area contributed by atoms with Crippen molar-refractivity contribution in [1.29, 1.82) is 0 Å². The molecule has 3 heterocycles. The van der Waals surface area contributed by atoms with Crippen LogP contribution in [-0.2, 0) is 11.3 Å². The van der Waals surface area contributed by atoms with Gasteiger partial charge in [0, 0.05) is 25.1 Å². The van der Waals surface area contributed by atoms with Gasteiger partial charge in [-0.1, -0.05) is 12.1 Å².